The maximum absolute atomic E-state index is 13.4. The molecule has 0 fully saturated rings. The topological polar surface area (TPSA) is 111 Å². The van der Waals surface area contributed by atoms with E-state index in [-0.39, 0.29) is 22.8 Å². The summed E-state index contributed by atoms with van der Waals surface area (Å²) in [5, 5.41) is 4.51. The largest absolute Gasteiger partial charge is 0.444 e. The fourth-order valence-corrected chi connectivity index (χ4v) is 5.07. The van der Waals surface area contributed by atoms with Crippen molar-refractivity contribution in [2.24, 2.45) is 0 Å². The highest BCUT2D eigenvalue weighted by atomic mass is 35.5. The highest BCUT2D eigenvalue weighted by molar-refractivity contribution is 6.33. The van der Waals surface area contributed by atoms with Gasteiger partial charge in [-0.25, -0.2) is 14.4 Å². The van der Waals surface area contributed by atoms with Gasteiger partial charge in [-0.05, 0) is 69.7 Å². The fourth-order valence-electron chi connectivity index (χ4n) is 4.87. The zero-order chi connectivity index (χ0) is 27.0. The van der Waals surface area contributed by atoms with E-state index in [0.29, 0.717) is 17.6 Å². The summed E-state index contributed by atoms with van der Waals surface area (Å²) in [5.41, 5.74) is 2.52. The van der Waals surface area contributed by atoms with Crippen LogP contribution in [-0.4, -0.2) is 28.7 Å². The lowest BCUT2D eigenvalue weighted by atomic mass is 9.90. The smallest absolute Gasteiger partial charge is 0.408 e. The monoisotopic (exact) mass is 536 g/mol. The third-order valence-electron chi connectivity index (χ3n) is 6.56. The lowest BCUT2D eigenvalue weighted by Crippen LogP contribution is -2.46. The van der Waals surface area contributed by atoms with Crippen LogP contribution in [0.4, 0.5) is 4.79 Å². The summed E-state index contributed by atoms with van der Waals surface area (Å²) in [6.45, 7) is 5.21. The van der Waals surface area contributed by atoms with Crippen molar-refractivity contribution in [1.82, 2.24) is 10.3 Å². The van der Waals surface area contributed by atoms with Crippen LogP contribution in [-0.2, 0) is 28.8 Å². The highest BCUT2D eigenvalue weighted by Crippen LogP contribution is 2.34. The predicted octanol–water partition coefficient (Wildman–Crippen LogP) is 5.85. The second-order valence-electron chi connectivity index (χ2n) is 10.5. The molecule has 1 aliphatic rings. The summed E-state index contributed by atoms with van der Waals surface area (Å²) in [6.07, 6.45) is 4.55. The zero-order valence-electron chi connectivity index (χ0n) is 21.5. The van der Waals surface area contributed by atoms with E-state index in [0.717, 1.165) is 46.7 Å². The SMILES string of the molecule is CC(C)(C)OC(=O)NC(Cc1c[nH]c2ccccc12)C(=O)Oc1cc2oc(=O)c3c(c2cc1Cl)CCCC3. The number of nitrogens with one attached hydrogen (secondary N) is 2. The van der Waals surface area contributed by atoms with Gasteiger partial charge in [0.15, 0.2) is 5.75 Å². The molecule has 4 aromatic rings. The molecule has 1 atom stereocenters. The predicted molar refractivity (Wildman–Crippen MR) is 145 cm³/mol. The molecule has 0 saturated carbocycles. The number of amides is 1. The van der Waals surface area contributed by atoms with Gasteiger partial charge in [0.05, 0.1) is 5.02 Å². The third-order valence-corrected chi connectivity index (χ3v) is 6.86. The van der Waals surface area contributed by atoms with E-state index in [1.165, 1.54) is 6.07 Å². The number of hydrogen-bond acceptors (Lipinski definition) is 6. The number of aromatic amines is 1. The van der Waals surface area contributed by atoms with Gasteiger partial charge in [0.2, 0.25) is 0 Å². The molecule has 8 nitrogen and oxygen atoms in total. The Morgan fingerprint density at radius 2 is 1.84 bits per heavy atom. The van der Waals surface area contributed by atoms with E-state index < -0.39 is 23.7 Å². The highest BCUT2D eigenvalue weighted by Gasteiger charge is 2.28. The van der Waals surface area contributed by atoms with Crippen LogP contribution in [0.25, 0.3) is 21.9 Å². The van der Waals surface area contributed by atoms with Crippen molar-refractivity contribution in [2.75, 3.05) is 0 Å². The fraction of sp³-hybridized carbons (Fsp3) is 0.345. The molecule has 1 aliphatic carbocycles. The van der Waals surface area contributed by atoms with Crippen LogP contribution in [0.2, 0.25) is 5.02 Å². The number of aromatic nitrogens is 1. The molecule has 9 heteroatoms. The second kappa shape index (κ2) is 10.2. The molecule has 1 amide bonds. The molecular formula is C29H29ClN2O6. The summed E-state index contributed by atoms with van der Waals surface area (Å²) < 4.78 is 16.6. The van der Waals surface area contributed by atoms with E-state index in [1.54, 1.807) is 33.0 Å². The summed E-state index contributed by atoms with van der Waals surface area (Å²) in [6, 6.07) is 9.71. The van der Waals surface area contributed by atoms with Gasteiger partial charge < -0.3 is 24.2 Å². The van der Waals surface area contributed by atoms with Gasteiger partial charge in [-0.15, -0.1) is 0 Å². The number of benzene rings is 2. The molecule has 2 heterocycles. The van der Waals surface area contributed by atoms with Gasteiger partial charge in [0, 0.05) is 40.5 Å². The molecule has 0 saturated heterocycles. The number of hydrogen-bond donors (Lipinski definition) is 2. The first-order valence-electron chi connectivity index (χ1n) is 12.6. The van der Waals surface area contributed by atoms with Crippen LogP contribution in [0.5, 0.6) is 5.75 Å². The van der Waals surface area contributed by atoms with Crippen LogP contribution in [0, 0.1) is 0 Å². The van der Waals surface area contributed by atoms with Gasteiger partial charge in [-0.2, -0.15) is 0 Å². The molecule has 0 aliphatic heterocycles. The Labute approximate surface area is 224 Å². The maximum Gasteiger partial charge on any atom is 0.408 e. The van der Waals surface area contributed by atoms with E-state index in [2.05, 4.69) is 10.3 Å². The van der Waals surface area contributed by atoms with Crippen molar-refractivity contribution in [3.8, 4) is 5.75 Å². The summed E-state index contributed by atoms with van der Waals surface area (Å²) in [7, 11) is 0. The van der Waals surface area contributed by atoms with Crippen LogP contribution in [0.1, 0.15) is 50.3 Å². The molecule has 2 N–H and O–H groups in total. The minimum absolute atomic E-state index is 0.0398. The number of aryl methyl sites for hydroxylation is 1. The van der Waals surface area contributed by atoms with Gasteiger partial charge >= 0.3 is 17.7 Å². The quantitative estimate of drug-likeness (QED) is 0.188. The lowest BCUT2D eigenvalue weighted by Gasteiger charge is -2.23. The number of ether oxygens (including phenoxy) is 2. The molecule has 1 unspecified atom stereocenters. The first-order valence-corrected chi connectivity index (χ1v) is 13.0. The van der Waals surface area contributed by atoms with Crippen molar-refractivity contribution in [3.63, 3.8) is 0 Å². The second-order valence-corrected chi connectivity index (χ2v) is 10.9. The van der Waals surface area contributed by atoms with Crippen molar-refractivity contribution in [2.45, 2.75) is 64.5 Å². The average molecular weight is 537 g/mol. The van der Waals surface area contributed by atoms with Gasteiger partial charge in [-0.3, -0.25) is 0 Å². The minimum Gasteiger partial charge on any atom is -0.444 e. The Kier molecular flexibility index (Phi) is 6.92. The number of alkyl carbamates (subject to hydrolysis) is 1. The van der Waals surface area contributed by atoms with Crippen LogP contribution >= 0.6 is 11.6 Å². The summed E-state index contributed by atoms with van der Waals surface area (Å²) in [4.78, 5) is 41.7. The molecule has 0 spiro atoms. The van der Waals surface area contributed by atoms with Gasteiger partial charge in [0.1, 0.15) is 17.2 Å². The maximum atomic E-state index is 13.4. The Bertz CT molecular complexity index is 1600. The number of carbonyl (C=O) groups excluding carboxylic acids is 2. The standard InChI is InChI=1S/C29H29ClN2O6/c1-29(2,3)38-28(35)32-23(12-16-15-31-22-11-7-6-8-17(16)22)27(34)37-25-14-24-20(13-21(25)30)18-9-4-5-10-19(18)26(33)36-24/h6-8,11,13-15,23,31H,4-5,9-10,12H2,1-3H3,(H,32,35). The van der Waals surface area contributed by atoms with E-state index in [4.69, 9.17) is 25.5 Å². The van der Waals surface area contributed by atoms with E-state index in [1.807, 2.05) is 24.3 Å². The number of fused-ring (bicyclic) bond motifs is 4. The first kappa shape index (κ1) is 25.9. The third kappa shape index (κ3) is 5.41. The number of halogens is 1. The first-order chi connectivity index (χ1) is 18.1. The van der Waals surface area contributed by atoms with Crippen LogP contribution < -0.4 is 15.7 Å². The Morgan fingerprint density at radius 1 is 1.11 bits per heavy atom. The van der Waals surface area contributed by atoms with Crippen molar-refractivity contribution < 1.29 is 23.5 Å². The molecule has 2 aromatic heterocycles. The normalized spacial score (nSPS) is 14.2. The molecule has 0 bridgehead atoms. The molecule has 198 valence electrons. The van der Waals surface area contributed by atoms with Gasteiger partial charge in [0.25, 0.3) is 0 Å². The molecule has 0 radical (unpaired) electrons. The molecule has 5 rings (SSSR count). The summed E-state index contributed by atoms with van der Waals surface area (Å²) in [5.74, 6) is -0.694. The zero-order valence-corrected chi connectivity index (χ0v) is 22.2. The van der Waals surface area contributed by atoms with Crippen LogP contribution in [0.15, 0.2) is 51.8 Å². The Hall–Kier alpha value is -3.78. The molecular weight excluding hydrogens is 508 g/mol. The average Bonchev–Trinajstić information content (AvgIpc) is 3.26. The van der Waals surface area contributed by atoms with Crippen molar-refractivity contribution in [1.29, 1.82) is 0 Å². The van der Waals surface area contributed by atoms with Crippen molar-refractivity contribution >= 4 is 45.5 Å². The number of H-pyrrole nitrogens is 1. The molecule has 38 heavy (non-hydrogen) atoms. The minimum atomic E-state index is -1.08. The summed E-state index contributed by atoms with van der Waals surface area (Å²) >= 11 is 6.53. The Balaban J connectivity index is 1.45. The number of carbonyl (C=O) groups is 2. The van der Waals surface area contributed by atoms with Crippen LogP contribution in [0.3, 0.4) is 0 Å². The lowest BCUT2D eigenvalue weighted by molar-refractivity contribution is -0.136. The van der Waals surface area contributed by atoms with E-state index >= 15 is 0 Å². The number of rotatable bonds is 5. The molecule has 2 aromatic carbocycles. The Morgan fingerprint density at radius 3 is 2.61 bits per heavy atom. The van der Waals surface area contributed by atoms with Gasteiger partial charge in [-0.1, -0.05) is 29.8 Å². The number of esters is 1. The van der Waals surface area contributed by atoms with Crippen molar-refractivity contribution in [3.05, 3.63) is 74.7 Å². The number of para-hydroxylation sites is 1. The van der Waals surface area contributed by atoms with E-state index in [9.17, 15) is 14.4 Å².